The summed E-state index contributed by atoms with van der Waals surface area (Å²) in [5.41, 5.74) is 0.363. The molecule has 0 atom stereocenters. The third-order valence-electron chi connectivity index (χ3n) is 3.39. The first-order chi connectivity index (χ1) is 5.93. The van der Waals surface area contributed by atoms with Crippen LogP contribution in [0.25, 0.3) is 0 Å². The molecule has 4 rings (SSSR count). The Labute approximate surface area is 86.9 Å². The van der Waals surface area contributed by atoms with Crippen LogP contribution in [-0.4, -0.2) is 22.4 Å². The number of hydrogen-bond donors (Lipinski definition) is 0. The molecule has 2 bridgehead atoms. The zero-order chi connectivity index (χ0) is 9.32. The van der Waals surface area contributed by atoms with Gasteiger partial charge in [0.25, 0.3) is 0 Å². The second-order valence-corrected chi connectivity index (χ2v) is 7.16. The number of nitrogens with zero attached hydrogens (tertiary/aromatic N) is 1. The SMILES string of the molecule is CC1(C)COC(C23CC(Br)(C2)C3)=N1. The van der Waals surface area contributed by atoms with Crippen molar-refractivity contribution >= 4 is 21.8 Å². The van der Waals surface area contributed by atoms with Crippen LogP contribution in [0.1, 0.15) is 33.1 Å². The maximum atomic E-state index is 5.69. The van der Waals surface area contributed by atoms with Crippen molar-refractivity contribution in [2.45, 2.75) is 43.0 Å². The van der Waals surface area contributed by atoms with Crippen LogP contribution >= 0.6 is 15.9 Å². The maximum Gasteiger partial charge on any atom is 0.190 e. The fourth-order valence-electron chi connectivity index (χ4n) is 2.75. The lowest BCUT2D eigenvalue weighted by atomic mass is 9.44. The molecule has 13 heavy (non-hydrogen) atoms. The molecule has 0 spiro atoms. The van der Waals surface area contributed by atoms with Gasteiger partial charge in [0.15, 0.2) is 5.90 Å². The van der Waals surface area contributed by atoms with E-state index < -0.39 is 0 Å². The summed E-state index contributed by atoms with van der Waals surface area (Å²) >= 11 is 3.73. The van der Waals surface area contributed by atoms with E-state index in [9.17, 15) is 0 Å². The first-order valence-corrected chi connectivity index (χ1v) is 5.65. The summed E-state index contributed by atoms with van der Waals surface area (Å²) in [6.45, 7) is 5.03. The molecule has 0 aromatic carbocycles. The van der Waals surface area contributed by atoms with Crippen molar-refractivity contribution < 1.29 is 4.74 Å². The Morgan fingerprint density at radius 1 is 1.31 bits per heavy atom. The molecule has 72 valence electrons. The van der Waals surface area contributed by atoms with Gasteiger partial charge in [-0.05, 0) is 33.1 Å². The molecule has 1 aliphatic heterocycles. The minimum Gasteiger partial charge on any atom is -0.478 e. The lowest BCUT2D eigenvalue weighted by Crippen LogP contribution is -2.66. The Balaban J connectivity index is 1.82. The van der Waals surface area contributed by atoms with E-state index in [4.69, 9.17) is 4.74 Å². The van der Waals surface area contributed by atoms with Crippen molar-refractivity contribution in [2.24, 2.45) is 10.4 Å². The average Bonchev–Trinajstić information content (AvgIpc) is 2.21. The van der Waals surface area contributed by atoms with Crippen molar-refractivity contribution in [3.63, 3.8) is 0 Å². The monoisotopic (exact) mass is 243 g/mol. The summed E-state index contributed by atoms with van der Waals surface area (Å²) < 4.78 is 6.15. The molecule has 0 N–H and O–H groups in total. The number of alkyl halides is 1. The molecule has 3 heteroatoms. The first kappa shape index (κ1) is 8.27. The zero-order valence-corrected chi connectivity index (χ0v) is 9.65. The largest absolute Gasteiger partial charge is 0.478 e. The molecule has 0 radical (unpaired) electrons. The lowest BCUT2D eigenvalue weighted by Gasteiger charge is -2.66. The summed E-state index contributed by atoms with van der Waals surface area (Å²) in [7, 11) is 0. The van der Waals surface area contributed by atoms with E-state index in [0.29, 0.717) is 9.74 Å². The third-order valence-corrected chi connectivity index (χ3v) is 4.23. The lowest BCUT2D eigenvalue weighted by molar-refractivity contribution is -0.0188. The molecular formula is C10H14BrNO. The van der Waals surface area contributed by atoms with Gasteiger partial charge in [-0.3, -0.25) is 0 Å². The van der Waals surface area contributed by atoms with Crippen molar-refractivity contribution in [2.75, 3.05) is 6.61 Å². The molecule has 3 fully saturated rings. The van der Waals surface area contributed by atoms with Crippen LogP contribution in [0.15, 0.2) is 4.99 Å². The van der Waals surface area contributed by atoms with Crippen molar-refractivity contribution in [3.8, 4) is 0 Å². The van der Waals surface area contributed by atoms with E-state index in [1.807, 2.05) is 0 Å². The molecule has 3 aliphatic carbocycles. The topological polar surface area (TPSA) is 21.6 Å². The molecule has 2 nitrogen and oxygen atoms in total. The predicted molar refractivity (Wildman–Crippen MR) is 55.4 cm³/mol. The summed E-state index contributed by atoms with van der Waals surface area (Å²) in [5.74, 6) is 1.04. The Morgan fingerprint density at radius 3 is 2.31 bits per heavy atom. The van der Waals surface area contributed by atoms with Gasteiger partial charge in [0.2, 0.25) is 0 Å². The smallest absolute Gasteiger partial charge is 0.190 e. The fourth-order valence-corrected chi connectivity index (χ4v) is 4.36. The predicted octanol–water partition coefficient (Wildman–Crippen LogP) is 2.51. The quantitative estimate of drug-likeness (QED) is 0.649. The van der Waals surface area contributed by atoms with E-state index in [1.54, 1.807) is 0 Å². The van der Waals surface area contributed by atoms with Gasteiger partial charge in [-0.1, -0.05) is 15.9 Å². The van der Waals surface area contributed by atoms with E-state index in [1.165, 1.54) is 19.3 Å². The molecular weight excluding hydrogens is 230 g/mol. The molecule has 0 aromatic rings. The van der Waals surface area contributed by atoms with E-state index in [2.05, 4.69) is 34.8 Å². The summed E-state index contributed by atoms with van der Waals surface area (Å²) in [6, 6.07) is 0. The van der Waals surface area contributed by atoms with E-state index >= 15 is 0 Å². The molecule has 0 aromatic heterocycles. The fraction of sp³-hybridized carbons (Fsp3) is 0.900. The highest BCUT2D eigenvalue weighted by atomic mass is 79.9. The van der Waals surface area contributed by atoms with Gasteiger partial charge in [0.1, 0.15) is 6.61 Å². The number of aliphatic imine (C=N–C) groups is 1. The summed E-state index contributed by atoms with van der Waals surface area (Å²) in [5, 5.41) is 0. The van der Waals surface area contributed by atoms with Crippen LogP contribution in [0.2, 0.25) is 0 Å². The molecule has 0 amide bonds. The molecule has 4 aliphatic rings. The van der Waals surface area contributed by atoms with Gasteiger partial charge in [-0.15, -0.1) is 0 Å². The van der Waals surface area contributed by atoms with E-state index in [0.717, 1.165) is 12.5 Å². The minimum absolute atomic E-state index is 0.0181. The normalized spacial score (nSPS) is 50.2. The summed E-state index contributed by atoms with van der Waals surface area (Å²) in [4.78, 5) is 4.66. The van der Waals surface area contributed by atoms with Gasteiger partial charge in [-0.2, -0.15) is 0 Å². The van der Waals surface area contributed by atoms with Gasteiger partial charge < -0.3 is 4.74 Å². The van der Waals surface area contributed by atoms with Crippen molar-refractivity contribution in [1.82, 2.24) is 0 Å². The number of halogens is 1. The first-order valence-electron chi connectivity index (χ1n) is 4.85. The van der Waals surface area contributed by atoms with Crippen LogP contribution in [0.5, 0.6) is 0 Å². The highest BCUT2D eigenvalue weighted by Gasteiger charge is 2.70. The van der Waals surface area contributed by atoms with Crippen molar-refractivity contribution in [1.29, 1.82) is 0 Å². The molecule has 1 heterocycles. The van der Waals surface area contributed by atoms with Crippen LogP contribution in [-0.2, 0) is 4.74 Å². The zero-order valence-electron chi connectivity index (χ0n) is 8.06. The average molecular weight is 244 g/mol. The Kier molecular flexibility index (Phi) is 1.26. The highest BCUT2D eigenvalue weighted by Crippen LogP contribution is 2.72. The van der Waals surface area contributed by atoms with Crippen LogP contribution < -0.4 is 0 Å². The molecule has 0 unspecified atom stereocenters. The third kappa shape index (κ3) is 0.969. The van der Waals surface area contributed by atoms with Crippen molar-refractivity contribution in [3.05, 3.63) is 0 Å². The Morgan fingerprint density at radius 2 is 1.92 bits per heavy atom. The minimum atomic E-state index is 0.0181. The van der Waals surface area contributed by atoms with Gasteiger partial charge >= 0.3 is 0 Å². The highest BCUT2D eigenvalue weighted by molar-refractivity contribution is 9.10. The molecule has 3 saturated carbocycles. The molecule has 0 saturated heterocycles. The Hall–Kier alpha value is -0.0500. The Bertz CT molecular complexity index is 288. The van der Waals surface area contributed by atoms with Crippen LogP contribution in [0, 0.1) is 5.41 Å². The van der Waals surface area contributed by atoms with Crippen LogP contribution in [0.3, 0.4) is 0 Å². The van der Waals surface area contributed by atoms with Gasteiger partial charge in [0, 0.05) is 4.32 Å². The maximum absolute atomic E-state index is 5.69. The second-order valence-electron chi connectivity index (χ2n) is 5.48. The second kappa shape index (κ2) is 1.97. The number of ether oxygens (including phenoxy) is 1. The summed E-state index contributed by atoms with van der Waals surface area (Å²) in [6.07, 6.45) is 3.69. The standard InChI is InChI=1S/C10H14BrNO/c1-8(2)6-13-7(12-8)9-3-10(11,4-9)5-9/h3-6H2,1-2H3. The van der Waals surface area contributed by atoms with E-state index in [-0.39, 0.29) is 5.54 Å². The van der Waals surface area contributed by atoms with Crippen LogP contribution in [0.4, 0.5) is 0 Å². The van der Waals surface area contributed by atoms with Gasteiger partial charge in [0.05, 0.1) is 11.0 Å². The number of rotatable bonds is 1. The number of hydrogen-bond acceptors (Lipinski definition) is 2. The van der Waals surface area contributed by atoms with Gasteiger partial charge in [-0.25, -0.2) is 4.99 Å².